The number of hydrogen-bond donors (Lipinski definition) is 2. The Morgan fingerprint density at radius 1 is 1.04 bits per heavy atom. The van der Waals surface area contributed by atoms with Gasteiger partial charge in [-0.05, 0) is 68.6 Å². The van der Waals surface area contributed by atoms with Gasteiger partial charge in [0.1, 0.15) is 23.0 Å². The molecule has 48 heavy (non-hydrogen) atoms. The molecule has 2 unspecified atom stereocenters. The van der Waals surface area contributed by atoms with Gasteiger partial charge in [-0.25, -0.2) is 9.37 Å². The van der Waals surface area contributed by atoms with E-state index in [2.05, 4.69) is 32.0 Å². The van der Waals surface area contributed by atoms with E-state index in [0.29, 0.717) is 72.3 Å². The summed E-state index contributed by atoms with van der Waals surface area (Å²) >= 11 is 0. The Morgan fingerprint density at radius 3 is 2.58 bits per heavy atom. The van der Waals surface area contributed by atoms with E-state index in [1.807, 2.05) is 23.2 Å². The maximum Gasteiger partial charge on any atom is 0.274 e. The lowest BCUT2D eigenvalue weighted by atomic mass is 9.96. The van der Waals surface area contributed by atoms with Crippen molar-refractivity contribution < 1.29 is 19.0 Å². The van der Waals surface area contributed by atoms with Crippen molar-refractivity contribution in [1.82, 2.24) is 19.4 Å². The van der Waals surface area contributed by atoms with E-state index in [-0.39, 0.29) is 23.6 Å². The minimum absolute atomic E-state index is 0.0488. The van der Waals surface area contributed by atoms with Gasteiger partial charge in [0.15, 0.2) is 0 Å². The zero-order valence-electron chi connectivity index (χ0n) is 27.3. The van der Waals surface area contributed by atoms with Crippen LogP contribution < -0.4 is 20.7 Å². The Kier molecular flexibility index (Phi) is 7.81. The van der Waals surface area contributed by atoms with E-state index in [1.54, 1.807) is 25.5 Å². The molecule has 2 bridgehead atoms. The highest BCUT2D eigenvalue weighted by Gasteiger charge is 2.39. The molecule has 12 heteroatoms. The zero-order chi connectivity index (χ0) is 33.1. The van der Waals surface area contributed by atoms with Gasteiger partial charge >= 0.3 is 0 Å². The van der Waals surface area contributed by atoms with Crippen LogP contribution in [0.15, 0.2) is 70.7 Å². The Hall–Kier alpha value is -4.52. The molecular weight excluding hydrogens is 613 g/mol. The number of likely N-dealkylation sites (N-methyl/N-ethyl adjacent to an activating group) is 1. The second-order valence-corrected chi connectivity index (χ2v) is 13.4. The number of aromatic nitrogens is 2. The van der Waals surface area contributed by atoms with Crippen molar-refractivity contribution in [1.29, 1.82) is 0 Å². The first-order valence-corrected chi connectivity index (χ1v) is 16.7. The first-order chi connectivity index (χ1) is 23.3. The average molecular weight is 654 g/mol. The lowest BCUT2D eigenvalue weighted by Crippen LogP contribution is -2.63. The molecule has 1 aliphatic carbocycles. The summed E-state index contributed by atoms with van der Waals surface area (Å²) in [7, 11) is 3.80. The number of rotatable bonds is 6. The minimum Gasteiger partial charge on any atom is -0.392 e. The van der Waals surface area contributed by atoms with Crippen LogP contribution in [0.2, 0.25) is 0 Å². The predicted molar refractivity (Wildman–Crippen MR) is 182 cm³/mol. The van der Waals surface area contributed by atoms with E-state index in [4.69, 9.17) is 4.74 Å². The Labute approximate surface area is 278 Å². The SMILES string of the molecule is CN1C2COCC1CN(c1ccc(Nc3cc(-c4cc(F)cc(N5C=C6C(=O)C7=C(CCCC7)N6CC5)c4CO)cn(C)c3=O)nc1)C2. The summed E-state index contributed by atoms with van der Waals surface area (Å²) in [5.41, 5.74) is 5.71. The fraction of sp³-hybridized carbons (Fsp3) is 0.417. The number of nitrogens with one attached hydrogen (secondary N) is 1. The molecule has 0 spiro atoms. The van der Waals surface area contributed by atoms with Crippen LogP contribution in [-0.2, 0) is 23.2 Å². The van der Waals surface area contributed by atoms with Gasteiger partial charge in [0.25, 0.3) is 5.56 Å². The summed E-state index contributed by atoms with van der Waals surface area (Å²) in [6.07, 6.45) is 9.05. The molecule has 11 nitrogen and oxygen atoms in total. The normalized spacial score (nSPS) is 22.5. The third-order valence-corrected chi connectivity index (χ3v) is 10.6. The van der Waals surface area contributed by atoms with Crippen molar-refractivity contribution in [3.63, 3.8) is 0 Å². The number of aliphatic hydroxyl groups is 1. The molecule has 0 amide bonds. The average Bonchev–Trinajstić information content (AvgIpc) is 3.37. The lowest BCUT2D eigenvalue weighted by molar-refractivity contribution is -0.112. The number of nitrogens with zero attached hydrogens (tertiary/aromatic N) is 6. The smallest absolute Gasteiger partial charge is 0.274 e. The number of anilines is 4. The van der Waals surface area contributed by atoms with E-state index in [1.165, 1.54) is 16.7 Å². The summed E-state index contributed by atoms with van der Waals surface area (Å²) in [5.74, 6) is 0.0797. The molecule has 6 heterocycles. The first-order valence-electron chi connectivity index (χ1n) is 16.7. The molecule has 2 fully saturated rings. The van der Waals surface area contributed by atoms with Crippen LogP contribution in [0.5, 0.6) is 0 Å². The number of piperazine rings is 1. The lowest BCUT2D eigenvalue weighted by Gasteiger charge is -2.48. The number of hydrogen-bond acceptors (Lipinski definition) is 10. The molecule has 0 saturated carbocycles. The fourth-order valence-electron chi connectivity index (χ4n) is 7.91. The first kappa shape index (κ1) is 30.8. The Morgan fingerprint density at radius 2 is 1.83 bits per heavy atom. The second kappa shape index (κ2) is 12.2. The van der Waals surface area contributed by atoms with Crippen molar-refractivity contribution in [3.8, 4) is 11.1 Å². The number of morpholine rings is 1. The van der Waals surface area contributed by atoms with Gasteiger partial charge in [-0.1, -0.05) is 0 Å². The Balaban J connectivity index is 1.08. The van der Waals surface area contributed by atoms with Crippen molar-refractivity contribution in [2.24, 2.45) is 7.05 Å². The molecule has 8 rings (SSSR count). The van der Waals surface area contributed by atoms with Gasteiger partial charge < -0.3 is 34.4 Å². The summed E-state index contributed by atoms with van der Waals surface area (Å²) in [4.78, 5) is 39.9. The third kappa shape index (κ3) is 5.28. The quantitative estimate of drug-likeness (QED) is 0.409. The maximum absolute atomic E-state index is 15.4. The number of aryl methyl sites for hydroxylation is 1. The number of benzene rings is 1. The number of halogens is 1. The summed E-state index contributed by atoms with van der Waals surface area (Å²) in [5, 5.41) is 13.8. The van der Waals surface area contributed by atoms with Gasteiger partial charge in [-0.3, -0.25) is 14.5 Å². The second-order valence-electron chi connectivity index (χ2n) is 13.4. The molecule has 2 saturated heterocycles. The van der Waals surface area contributed by atoms with Crippen LogP contribution in [0.25, 0.3) is 11.1 Å². The number of ether oxygens (including phenoxy) is 1. The van der Waals surface area contributed by atoms with Crippen LogP contribution in [0.4, 0.5) is 27.3 Å². The highest BCUT2D eigenvalue weighted by molar-refractivity contribution is 6.11. The van der Waals surface area contributed by atoms with E-state index in [9.17, 15) is 14.7 Å². The van der Waals surface area contributed by atoms with Crippen molar-refractivity contribution >= 4 is 28.7 Å². The van der Waals surface area contributed by atoms with Crippen molar-refractivity contribution in [2.75, 3.05) is 61.6 Å². The monoisotopic (exact) mass is 653 g/mol. The van der Waals surface area contributed by atoms with Crippen LogP contribution in [0.3, 0.4) is 0 Å². The van der Waals surface area contributed by atoms with Gasteiger partial charge in [-0.2, -0.15) is 0 Å². The van der Waals surface area contributed by atoms with E-state index in [0.717, 1.165) is 55.7 Å². The molecule has 5 aliphatic rings. The maximum atomic E-state index is 15.4. The van der Waals surface area contributed by atoms with Crippen LogP contribution in [0, 0.1) is 5.82 Å². The number of carbonyl (C=O) groups excluding carboxylic acids is 1. The molecule has 250 valence electrons. The van der Waals surface area contributed by atoms with Gasteiger partial charge in [0.2, 0.25) is 5.78 Å². The predicted octanol–water partition coefficient (Wildman–Crippen LogP) is 3.72. The number of ketones is 1. The summed E-state index contributed by atoms with van der Waals surface area (Å²) in [6, 6.07) is 8.99. The summed E-state index contributed by atoms with van der Waals surface area (Å²) in [6.45, 7) is 3.93. The molecule has 4 aliphatic heterocycles. The molecular formula is C36H40FN7O4. The number of Topliss-reactive ketones (excluding diaryl/α,β-unsaturated/α-hetero) is 1. The number of aliphatic hydroxyl groups excluding tert-OH is 1. The largest absolute Gasteiger partial charge is 0.392 e. The highest BCUT2D eigenvalue weighted by atomic mass is 19.1. The number of allylic oxidation sites excluding steroid dienone is 2. The van der Waals surface area contributed by atoms with Crippen LogP contribution >= 0.6 is 0 Å². The van der Waals surface area contributed by atoms with Crippen molar-refractivity contribution in [2.45, 2.75) is 44.4 Å². The Bertz CT molecular complexity index is 1890. The van der Waals surface area contributed by atoms with Gasteiger partial charge in [-0.15, -0.1) is 0 Å². The molecule has 0 radical (unpaired) electrons. The van der Waals surface area contributed by atoms with Crippen molar-refractivity contribution in [3.05, 3.63) is 87.6 Å². The minimum atomic E-state index is -0.478. The number of fused-ring (bicyclic) bond motifs is 4. The molecule has 2 atom stereocenters. The molecule has 1 aromatic carbocycles. The summed E-state index contributed by atoms with van der Waals surface area (Å²) < 4.78 is 22.6. The highest BCUT2D eigenvalue weighted by Crippen LogP contribution is 2.41. The van der Waals surface area contributed by atoms with Gasteiger partial charge in [0.05, 0.1) is 43.8 Å². The topological polar surface area (TPSA) is 106 Å². The van der Waals surface area contributed by atoms with Crippen LogP contribution in [0.1, 0.15) is 31.2 Å². The molecule has 2 aromatic heterocycles. The third-order valence-electron chi connectivity index (χ3n) is 10.6. The number of pyridine rings is 2. The van der Waals surface area contributed by atoms with E-state index < -0.39 is 5.82 Å². The van der Waals surface area contributed by atoms with Gasteiger partial charge in [0, 0.05) is 73.7 Å². The zero-order valence-corrected chi connectivity index (χ0v) is 27.3. The molecule has 2 N–H and O–H groups in total. The molecule has 3 aromatic rings. The standard InChI is InChI=1S/C36H40FN7O4/c1-40-15-22(11-30(36(40)47)39-34-8-7-24(14-38-34)43-16-25-20-48-21-26(17-43)41(25)2)28-12-23(37)13-32(29(28)19-45)42-9-10-44-31-6-4-3-5-27(31)35(46)33(44)18-42/h7-8,11-15,18,25-26,45H,3-6,9-10,16-17,19-21H2,1-2H3,(H,38,39). The van der Waals surface area contributed by atoms with E-state index >= 15 is 4.39 Å². The number of carbonyl (C=O) groups is 1. The fourth-order valence-corrected chi connectivity index (χ4v) is 7.91. The van der Waals surface area contributed by atoms with Crippen LogP contribution in [-0.4, -0.2) is 88.8 Å².